The minimum absolute atomic E-state index is 0.0255. The van der Waals surface area contributed by atoms with Gasteiger partial charge in [0, 0.05) is 36.6 Å². The highest BCUT2D eigenvalue weighted by molar-refractivity contribution is 7.90. The van der Waals surface area contributed by atoms with E-state index in [0.717, 1.165) is 7.94 Å². The van der Waals surface area contributed by atoms with Crippen LogP contribution in [0, 0.1) is 13.8 Å². The summed E-state index contributed by atoms with van der Waals surface area (Å²) in [6, 6.07) is 11.3. The number of amides is 4. The van der Waals surface area contributed by atoms with E-state index in [-0.39, 0.29) is 78.9 Å². The van der Waals surface area contributed by atoms with Crippen LogP contribution in [0.3, 0.4) is 0 Å². The third kappa shape index (κ3) is 9.49. The zero-order chi connectivity index (χ0) is 44.8. The summed E-state index contributed by atoms with van der Waals surface area (Å²) in [7, 11) is -7.92. The highest BCUT2D eigenvalue weighted by Crippen LogP contribution is 2.32. The van der Waals surface area contributed by atoms with Crippen molar-refractivity contribution in [3.05, 3.63) is 94.6 Å². The fourth-order valence-electron chi connectivity index (χ4n) is 7.13. The first kappa shape index (κ1) is 44.7. The van der Waals surface area contributed by atoms with E-state index in [1.165, 1.54) is 60.9 Å². The lowest BCUT2D eigenvalue weighted by atomic mass is 10.1. The second kappa shape index (κ2) is 17.1. The van der Waals surface area contributed by atoms with Gasteiger partial charge in [-0.15, -0.1) is 0 Å². The number of hydrogen-bond donors (Lipinski definition) is 4. The smallest absolute Gasteiger partial charge is 0.273 e. The van der Waals surface area contributed by atoms with Gasteiger partial charge in [0.1, 0.15) is 21.2 Å². The lowest BCUT2D eigenvalue weighted by Gasteiger charge is -2.35. The number of hydrogen-bond acceptors (Lipinski definition) is 12. The fourth-order valence-corrected chi connectivity index (χ4v) is 10.2. The Labute approximate surface area is 359 Å². The van der Waals surface area contributed by atoms with Crippen LogP contribution >= 0.6 is 0 Å². The van der Waals surface area contributed by atoms with Crippen molar-refractivity contribution < 1.29 is 55.0 Å². The van der Waals surface area contributed by atoms with Crippen molar-refractivity contribution in [2.24, 2.45) is 0 Å². The molecule has 4 aliphatic heterocycles. The normalized spacial score (nSPS) is 21.4. The van der Waals surface area contributed by atoms with Gasteiger partial charge >= 0.3 is 0 Å². The van der Waals surface area contributed by atoms with Crippen molar-refractivity contribution >= 4 is 55.1 Å². The van der Waals surface area contributed by atoms with Crippen LogP contribution in [-0.2, 0) is 39.0 Å². The molecule has 2 aromatic carbocycles. The predicted octanol–water partition coefficient (Wildman–Crippen LogP) is 3.83. The van der Waals surface area contributed by atoms with Gasteiger partial charge in [0.05, 0.1) is 61.2 Å². The van der Waals surface area contributed by atoms with Gasteiger partial charge in [-0.1, -0.05) is 0 Å². The molecule has 20 heteroatoms. The monoisotopic (exact) mass is 894 g/mol. The van der Waals surface area contributed by atoms with E-state index >= 15 is 0 Å². The Morgan fingerprint density at radius 3 is 1.40 bits per heavy atom. The summed E-state index contributed by atoms with van der Waals surface area (Å²) in [6.07, 6.45) is 3.79. The minimum atomic E-state index is -3.96. The molecular weight excluding hydrogens is 845 g/mol. The number of rotatable bonds is 8. The number of carbonyl (C=O) groups is 4. The maximum atomic E-state index is 13.0. The van der Waals surface area contributed by atoms with Gasteiger partial charge < -0.3 is 40.2 Å². The molecule has 332 valence electrons. The van der Waals surface area contributed by atoms with Gasteiger partial charge in [-0.05, 0) is 114 Å². The molecule has 0 bridgehead atoms. The molecule has 0 saturated carbocycles. The van der Waals surface area contributed by atoms with Crippen LogP contribution in [0.4, 0.5) is 11.4 Å². The molecule has 2 aromatic heterocycles. The second-order valence-corrected chi connectivity index (χ2v) is 20.4. The number of anilines is 2. The Morgan fingerprint density at radius 2 is 1.05 bits per heavy atom. The third-order valence-electron chi connectivity index (χ3n) is 10.5. The van der Waals surface area contributed by atoms with E-state index in [4.69, 9.17) is 18.9 Å². The van der Waals surface area contributed by atoms with E-state index in [1.54, 1.807) is 13.8 Å². The Balaban J connectivity index is 0.000000186. The second-order valence-electron chi connectivity index (χ2n) is 16.8. The molecule has 0 radical (unpaired) electrons. The highest BCUT2D eigenvalue weighted by Gasteiger charge is 2.34. The van der Waals surface area contributed by atoms with Crippen molar-refractivity contribution in [3.8, 4) is 0 Å². The summed E-state index contributed by atoms with van der Waals surface area (Å²) < 4.78 is 76.8. The van der Waals surface area contributed by atoms with Gasteiger partial charge in [0.2, 0.25) is 0 Å². The summed E-state index contributed by atoms with van der Waals surface area (Å²) >= 11 is 0. The van der Waals surface area contributed by atoms with E-state index in [0.29, 0.717) is 63.5 Å². The Bertz CT molecular complexity index is 2470. The van der Waals surface area contributed by atoms with Crippen LogP contribution < -0.4 is 21.3 Å². The van der Waals surface area contributed by atoms with E-state index < -0.39 is 31.9 Å². The average Bonchev–Trinajstić information content (AvgIpc) is 3.79. The van der Waals surface area contributed by atoms with Crippen molar-refractivity contribution in [1.82, 2.24) is 18.6 Å². The zero-order valence-corrected chi connectivity index (χ0v) is 36.8. The summed E-state index contributed by atoms with van der Waals surface area (Å²) in [5.74, 6) is -1.84. The van der Waals surface area contributed by atoms with Crippen LogP contribution in [0.2, 0.25) is 0 Å². The van der Waals surface area contributed by atoms with E-state index in [2.05, 4.69) is 21.3 Å². The first-order valence-corrected chi connectivity index (χ1v) is 22.9. The first-order chi connectivity index (χ1) is 29.1. The molecule has 2 atom stereocenters. The Kier molecular flexibility index (Phi) is 12.3. The number of carbonyl (C=O) groups excluding carboxylic acids is 4. The molecule has 62 heavy (non-hydrogen) atoms. The maximum absolute atomic E-state index is 13.0. The zero-order valence-electron chi connectivity index (χ0n) is 35.2. The molecule has 4 amide bonds. The highest BCUT2D eigenvalue weighted by atomic mass is 32.2. The molecule has 2 fully saturated rings. The standard InChI is InChI=1S/2C21H25N3O6S/c2*1-13-8-17-20(26)23-16-9-14(4-5-18(16)31(27,28)24(17)10-13)19(25)22-7-6-15-11-30-21(2,3)12-29-15/h2*4-5,8-10,15H,6-7,11-12H2,1-3H3,(H,22,25)(H,23,26)/t2*15-/m10/s1. The summed E-state index contributed by atoms with van der Waals surface area (Å²) in [5, 5.41) is 10.8. The number of aromatic nitrogens is 2. The molecule has 0 unspecified atom stereocenters. The molecule has 2 saturated heterocycles. The summed E-state index contributed by atoms with van der Waals surface area (Å²) in [4.78, 5) is 50.0. The SMILES string of the molecule is Cc1cc2n(c1)S(=O)(=O)c1ccc(C(=O)NCC[C@@H]3COC(C)(C)CO3)cc1NC2=O.Cc1cc2n(c1)S(=O)(=O)c1ccc(C(=O)NCC[C@H]3COC(C)(C)CO3)cc1NC2=O. The van der Waals surface area contributed by atoms with Crippen molar-refractivity contribution in [1.29, 1.82) is 0 Å². The van der Waals surface area contributed by atoms with Gasteiger partial charge in [0.25, 0.3) is 43.7 Å². The number of nitrogens with one attached hydrogen (secondary N) is 4. The van der Waals surface area contributed by atoms with E-state index in [9.17, 15) is 36.0 Å². The molecule has 6 heterocycles. The molecule has 0 aliphatic carbocycles. The quantitative estimate of drug-likeness (QED) is 0.198. The van der Waals surface area contributed by atoms with Crippen molar-refractivity contribution in [2.45, 2.75) is 87.6 Å². The topological polar surface area (TPSA) is 231 Å². The summed E-state index contributed by atoms with van der Waals surface area (Å²) in [6.45, 7) is 13.9. The van der Waals surface area contributed by atoms with Gasteiger partial charge in [0.15, 0.2) is 0 Å². The van der Waals surface area contributed by atoms with Crippen LogP contribution in [0.25, 0.3) is 0 Å². The molecule has 18 nitrogen and oxygen atoms in total. The maximum Gasteiger partial charge on any atom is 0.273 e. The number of aryl methyl sites for hydroxylation is 2. The minimum Gasteiger partial charge on any atom is -0.373 e. The van der Waals surface area contributed by atoms with Crippen molar-refractivity contribution in [3.63, 3.8) is 0 Å². The number of fused-ring (bicyclic) bond motifs is 4. The molecule has 0 spiro atoms. The van der Waals surface area contributed by atoms with Gasteiger partial charge in [-0.3, -0.25) is 19.2 Å². The number of benzene rings is 2. The van der Waals surface area contributed by atoms with Crippen LogP contribution in [-0.4, -0.2) is 111 Å². The Hall–Kier alpha value is -5.38. The predicted molar refractivity (Wildman–Crippen MR) is 226 cm³/mol. The molecule has 8 rings (SSSR count). The van der Waals surface area contributed by atoms with Crippen LogP contribution in [0.1, 0.15) is 93.4 Å². The fraction of sp³-hybridized carbons (Fsp3) is 0.429. The first-order valence-electron chi connectivity index (χ1n) is 20.0. The molecule has 4 aromatic rings. The Morgan fingerprint density at radius 1 is 0.661 bits per heavy atom. The van der Waals surface area contributed by atoms with Crippen LogP contribution in [0.5, 0.6) is 0 Å². The number of ether oxygens (including phenoxy) is 4. The largest absolute Gasteiger partial charge is 0.373 e. The number of nitrogens with zero attached hydrogens (tertiary/aromatic N) is 2. The molecule has 4 aliphatic rings. The van der Waals surface area contributed by atoms with E-state index in [1.807, 2.05) is 27.7 Å². The van der Waals surface area contributed by atoms with Gasteiger partial charge in [-0.2, -0.15) is 0 Å². The van der Waals surface area contributed by atoms with Gasteiger partial charge in [-0.25, -0.2) is 24.8 Å². The third-order valence-corrected chi connectivity index (χ3v) is 14.0. The van der Waals surface area contributed by atoms with Crippen molar-refractivity contribution in [2.75, 3.05) is 50.2 Å². The summed E-state index contributed by atoms with van der Waals surface area (Å²) in [5.41, 5.74) is 1.41. The lowest BCUT2D eigenvalue weighted by molar-refractivity contribution is -0.175. The average molecular weight is 895 g/mol. The van der Waals surface area contributed by atoms with Crippen LogP contribution in [0.15, 0.2) is 70.7 Å². The molecular formula is C42H50N6O12S2. The molecule has 4 N–H and O–H groups in total. The lowest BCUT2D eigenvalue weighted by Crippen LogP contribution is -2.43.